The second kappa shape index (κ2) is 6.43. The number of methoxy groups -OCH3 is 2. The van der Waals surface area contributed by atoms with Gasteiger partial charge in [0.2, 0.25) is 0 Å². The molecule has 0 saturated carbocycles. The number of para-hydroxylation sites is 1. The highest BCUT2D eigenvalue weighted by atomic mass is 16.5. The summed E-state index contributed by atoms with van der Waals surface area (Å²) in [6, 6.07) is 5.17. The number of hydrogen-bond acceptors (Lipinski definition) is 5. The maximum Gasteiger partial charge on any atom is 0.341 e. The molecule has 5 nitrogen and oxygen atoms in total. The van der Waals surface area contributed by atoms with Crippen LogP contribution in [0.3, 0.4) is 0 Å². The van der Waals surface area contributed by atoms with Gasteiger partial charge in [0.15, 0.2) is 11.5 Å². The zero-order valence-corrected chi connectivity index (χ0v) is 11.2. The van der Waals surface area contributed by atoms with Gasteiger partial charge in [0.05, 0.1) is 27.4 Å². The lowest BCUT2D eigenvalue weighted by molar-refractivity contribution is 0.0235. The van der Waals surface area contributed by atoms with E-state index in [0.29, 0.717) is 30.3 Å². The highest BCUT2D eigenvalue weighted by Crippen LogP contribution is 2.33. The molecule has 5 heteroatoms. The van der Waals surface area contributed by atoms with E-state index in [0.717, 1.165) is 12.8 Å². The third-order valence-corrected chi connectivity index (χ3v) is 3.06. The van der Waals surface area contributed by atoms with Crippen LogP contribution in [-0.2, 0) is 9.47 Å². The molecule has 2 rings (SSSR count). The van der Waals surface area contributed by atoms with Crippen LogP contribution in [0.2, 0.25) is 0 Å². The largest absolute Gasteiger partial charge is 0.493 e. The van der Waals surface area contributed by atoms with Gasteiger partial charge in [0.25, 0.3) is 0 Å². The molecule has 0 aromatic heterocycles. The first-order valence-electron chi connectivity index (χ1n) is 6.26. The first-order chi connectivity index (χ1) is 9.26. The molecule has 1 aliphatic heterocycles. The summed E-state index contributed by atoms with van der Waals surface area (Å²) in [5.74, 6) is 0.555. The highest BCUT2D eigenvalue weighted by molar-refractivity contribution is 5.93. The van der Waals surface area contributed by atoms with Crippen LogP contribution in [0, 0.1) is 0 Å². The van der Waals surface area contributed by atoms with Crippen LogP contribution in [0.25, 0.3) is 0 Å². The minimum atomic E-state index is -0.430. The molecule has 1 saturated heterocycles. The smallest absolute Gasteiger partial charge is 0.341 e. The first-order valence-corrected chi connectivity index (χ1v) is 6.26. The van der Waals surface area contributed by atoms with Gasteiger partial charge in [-0.2, -0.15) is 0 Å². The summed E-state index contributed by atoms with van der Waals surface area (Å²) >= 11 is 0. The van der Waals surface area contributed by atoms with E-state index in [1.807, 2.05) is 0 Å². The number of esters is 1. The van der Waals surface area contributed by atoms with E-state index in [2.05, 4.69) is 0 Å². The summed E-state index contributed by atoms with van der Waals surface area (Å²) in [7, 11) is 2.90. The van der Waals surface area contributed by atoms with Crippen molar-refractivity contribution in [3.05, 3.63) is 23.8 Å². The molecule has 1 aliphatic rings. The molecule has 0 unspecified atom stereocenters. The van der Waals surface area contributed by atoms with Crippen LogP contribution in [-0.4, -0.2) is 39.5 Å². The topological polar surface area (TPSA) is 54.0 Å². The summed E-state index contributed by atoms with van der Waals surface area (Å²) < 4.78 is 21.2. The van der Waals surface area contributed by atoms with Gasteiger partial charge in [-0.05, 0) is 12.1 Å². The van der Waals surface area contributed by atoms with Gasteiger partial charge in [0, 0.05) is 12.8 Å². The predicted octanol–water partition coefficient (Wildman–Crippen LogP) is 2.04. The molecule has 0 amide bonds. The van der Waals surface area contributed by atoms with E-state index in [4.69, 9.17) is 18.9 Å². The number of ether oxygens (including phenoxy) is 4. The maximum atomic E-state index is 11.8. The van der Waals surface area contributed by atoms with Crippen LogP contribution >= 0.6 is 0 Å². The Hall–Kier alpha value is -1.75. The normalized spacial score (nSPS) is 15.9. The maximum absolute atomic E-state index is 11.8. The summed E-state index contributed by atoms with van der Waals surface area (Å²) in [6.45, 7) is 1.35. The zero-order valence-electron chi connectivity index (χ0n) is 11.2. The van der Waals surface area contributed by atoms with Crippen molar-refractivity contribution in [3.63, 3.8) is 0 Å². The van der Waals surface area contributed by atoms with E-state index < -0.39 is 5.97 Å². The van der Waals surface area contributed by atoms with Crippen molar-refractivity contribution >= 4 is 5.97 Å². The zero-order chi connectivity index (χ0) is 13.7. The number of benzene rings is 1. The lowest BCUT2D eigenvalue weighted by Gasteiger charge is -2.25. The van der Waals surface area contributed by atoms with Gasteiger partial charge in [-0.1, -0.05) is 6.07 Å². The van der Waals surface area contributed by atoms with E-state index in [1.54, 1.807) is 25.3 Å². The Balaban J connectivity index is 2.26. The Labute approximate surface area is 112 Å². The standard InChI is InChI=1S/C14H18O5/c1-16-12-5-3-4-11(14(15)17-2)13(12)19-10-6-8-18-9-7-10/h3-5,10H,6-9H2,1-2H3. The van der Waals surface area contributed by atoms with Crippen molar-refractivity contribution < 1.29 is 23.7 Å². The van der Waals surface area contributed by atoms with Crippen LogP contribution < -0.4 is 9.47 Å². The van der Waals surface area contributed by atoms with Crippen molar-refractivity contribution in [1.82, 2.24) is 0 Å². The third kappa shape index (κ3) is 3.17. The second-order valence-electron chi connectivity index (χ2n) is 4.26. The number of carbonyl (C=O) groups is 1. The Morgan fingerprint density at radius 2 is 2.00 bits per heavy atom. The summed E-state index contributed by atoms with van der Waals surface area (Å²) in [5, 5.41) is 0. The molecule has 0 spiro atoms. The summed E-state index contributed by atoms with van der Waals surface area (Å²) in [5.41, 5.74) is 0.383. The SMILES string of the molecule is COC(=O)c1cccc(OC)c1OC1CCOCC1. The van der Waals surface area contributed by atoms with E-state index in [-0.39, 0.29) is 6.10 Å². The fourth-order valence-corrected chi connectivity index (χ4v) is 2.03. The molecule has 1 heterocycles. The molecule has 0 aliphatic carbocycles. The van der Waals surface area contributed by atoms with Crippen molar-refractivity contribution in [2.45, 2.75) is 18.9 Å². The molecule has 104 valence electrons. The number of rotatable bonds is 4. The Kier molecular flexibility index (Phi) is 4.63. The van der Waals surface area contributed by atoms with Crippen LogP contribution in [0.4, 0.5) is 0 Å². The van der Waals surface area contributed by atoms with E-state index in [1.165, 1.54) is 7.11 Å². The van der Waals surface area contributed by atoms with E-state index in [9.17, 15) is 4.79 Å². The van der Waals surface area contributed by atoms with Gasteiger partial charge < -0.3 is 18.9 Å². The number of carbonyl (C=O) groups excluding carboxylic acids is 1. The molecule has 1 fully saturated rings. The Bertz CT molecular complexity index is 437. The highest BCUT2D eigenvalue weighted by Gasteiger charge is 2.22. The minimum Gasteiger partial charge on any atom is -0.493 e. The van der Waals surface area contributed by atoms with Crippen LogP contribution in [0.15, 0.2) is 18.2 Å². The fourth-order valence-electron chi connectivity index (χ4n) is 2.03. The van der Waals surface area contributed by atoms with Crippen molar-refractivity contribution in [2.75, 3.05) is 27.4 Å². The first kappa shape index (κ1) is 13.7. The summed E-state index contributed by atoms with van der Waals surface area (Å²) in [4.78, 5) is 11.8. The van der Waals surface area contributed by atoms with Crippen molar-refractivity contribution in [1.29, 1.82) is 0 Å². The van der Waals surface area contributed by atoms with Crippen LogP contribution in [0.5, 0.6) is 11.5 Å². The average Bonchev–Trinajstić information content (AvgIpc) is 2.47. The molecule has 0 atom stereocenters. The Morgan fingerprint density at radius 3 is 2.63 bits per heavy atom. The molecule has 0 bridgehead atoms. The number of hydrogen-bond donors (Lipinski definition) is 0. The average molecular weight is 266 g/mol. The van der Waals surface area contributed by atoms with E-state index >= 15 is 0 Å². The molecule has 0 N–H and O–H groups in total. The quantitative estimate of drug-likeness (QED) is 0.781. The van der Waals surface area contributed by atoms with Gasteiger partial charge in [-0.3, -0.25) is 0 Å². The monoisotopic (exact) mass is 266 g/mol. The molecular weight excluding hydrogens is 248 g/mol. The molecule has 19 heavy (non-hydrogen) atoms. The molecule has 1 aromatic carbocycles. The molecule has 1 aromatic rings. The lowest BCUT2D eigenvalue weighted by Crippen LogP contribution is -2.26. The Morgan fingerprint density at radius 1 is 1.26 bits per heavy atom. The fraction of sp³-hybridized carbons (Fsp3) is 0.500. The van der Waals surface area contributed by atoms with Crippen molar-refractivity contribution in [3.8, 4) is 11.5 Å². The van der Waals surface area contributed by atoms with Crippen molar-refractivity contribution in [2.24, 2.45) is 0 Å². The minimum absolute atomic E-state index is 0.0356. The van der Waals surface area contributed by atoms with Gasteiger partial charge in [-0.15, -0.1) is 0 Å². The van der Waals surface area contributed by atoms with Gasteiger partial charge in [-0.25, -0.2) is 4.79 Å². The van der Waals surface area contributed by atoms with Gasteiger partial charge in [0.1, 0.15) is 11.7 Å². The lowest BCUT2D eigenvalue weighted by atomic mass is 10.1. The van der Waals surface area contributed by atoms with Crippen LogP contribution in [0.1, 0.15) is 23.2 Å². The summed E-state index contributed by atoms with van der Waals surface area (Å²) in [6.07, 6.45) is 1.64. The predicted molar refractivity (Wildman–Crippen MR) is 68.8 cm³/mol. The molecular formula is C14H18O5. The third-order valence-electron chi connectivity index (χ3n) is 3.06. The van der Waals surface area contributed by atoms with Gasteiger partial charge >= 0.3 is 5.97 Å². The second-order valence-corrected chi connectivity index (χ2v) is 4.26. The molecule has 0 radical (unpaired) electrons.